The standard InChI is InChI=1S/C8H13ClN2O4S2/c9-3-1-6-17(14,15)10-4-2-5-16-8(10)7-11(12)13/h7H,1-6H2/b8-7-. The molecule has 0 unspecified atom stereocenters. The van der Waals surface area contributed by atoms with Crippen molar-refractivity contribution < 1.29 is 13.3 Å². The number of hydrogen-bond donors (Lipinski definition) is 0. The smallest absolute Gasteiger partial charge is 0.259 e. The quantitative estimate of drug-likeness (QED) is 0.436. The lowest BCUT2D eigenvalue weighted by molar-refractivity contribution is -0.403. The molecule has 1 fully saturated rings. The summed E-state index contributed by atoms with van der Waals surface area (Å²) in [4.78, 5) is 9.80. The van der Waals surface area contributed by atoms with Gasteiger partial charge in [-0.3, -0.25) is 14.4 Å². The number of nitro groups is 1. The van der Waals surface area contributed by atoms with E-state index in [9.17, 15) is 18.5 Å². The molecule has 0 atom stereocenters. The van der Waals surface area contributed by atoms with Gasteiger partial charge in [0.25, 0.3) is 6.20 Å². The maximum atomic E-state index is 11.9. The molecule has 9 heteroatoms. The van der Waals surface area contributed by atoms with Crippen LogP contribution >= 0.6 is 23.4 Å². The van der Waals surface area contributed by atoms with Crippen molar-refractivity contribution in [2.45, 2.75) is 12.8 Å². The predicted molar refractivity (Wildman–Crippen MR) is 68.0 cm³/mol. The second-order valence-electron chi connectivity index (χ2n) is 3.39. The van der Waals surface area contributed by atoms with Gasteiger partial charge in [-0.05, 0) is 12.8 Å². The number of thioether (sulfide) groups is 1. The van der Waals surface area contributed by atoms with Gasteiger partial charge in [0.1, 0.15) is 0 Å². The van der Waals surface area contributed by atoms with Crippen molar-refractivity contribution >= 4 is 33.4 Å². The molecule has 0 amide bonds. The van der Waals surface area contributed by atoms with Crippen LogP contribution in [0.2, 0.25) is 0 Å². The number of alkyl halides is 1. The molecule has 6 nitrogen and oxygen atoms in total. The Bertz CT molecular complexity index is 410. The highest BCUT2D eigenvalue weighted by Gasteiger charge is 2.28. The van der Waals surface area contributed by atoms with Crippen LogP contribution in [0.4, 0.5) is 0 Å². The Balaban J connectivity index is 2.88. The molecule has 0 bridgehead atoms. The summed E-state index contributed by atoms with van der Waals surface area (Å²) in [5.41, 5.74) is 0. The number of nitrogens with zero attached hydrogens (tertiary/aromatic N) is 2. The Labute approximate surface area is 109 Å². The van der Waals surface area contributed by atoms with Gasteiger partial charge in [-0.15, -0.1) is 23.4 Å². The Morgan fingerprint density at radius 1 is 1.59 bits per heavy atom. The Hall–Kier alpha value is -0.470. The molecular weight excluding hydrogens is 288 g/mol. The first kappa shape index (κ1) is 14.6. The Kier molecular flexibility index (Phi) is 5.54. The zero-order valence-electron chi connectivity index (χ0n) is 9.04. The molecule has 0 aliphatic carbocycles. The summed E-state index contributed by atoms with van der Waals surface area (Å²) in [7, 11) is -3.48. The zero-order chi connectivity index (χ0) is 12.9. The van der Waals surface area contributed by atoms with E-state index in [2.05, 4.69) is 0 Å². The SMILES string of the molecule is O=[N+]([O-])/C=C1\SCCCN1S(=O)(=O)CCCCl. The zero-order valence-corrected chi connectivity index (χ0v) is 11.4. The Morgan fingerprint density at radius 3 is 2.88 bits per heavy atom. The van der Waals surface area contributed by atoms with Crippen LogP contribution in [0.3, 0.4) is 0 Å². The van der Waals surface area contributed by atoms with Crippen LogP contribution in [-0.4, -0.2) is 41.6 Å². The van der Waals surface area contributed by atoms with Crippen molar-refractivity contribution in [1.82, 2.24) is 4.31 Å². The molecule has 0 aromatic heterocycles. The van der Waals surface area contributed by atoms with Crippen molar-refractivity contribution in [2.24, 2.45) is 0 Å². The molecule has 0 aromatic carbocycles. The van der Waals surface area contributed by atoms with E-state index < -0.39 is 14.9 Å². The lowest BCUT2D eigenvalue weighted by Crippen LogP contribution is -2.35. The maximum Gasteiger partial charge on any atom is 0.265 e. The second kappa shape index (κ2) is 6.46. The van der Waals surface area contributed by atoms with E-state index in [1.165, 1.54) is 11.8 Å². The summed E-state index contributed by atoms with van der Waals surface area (Å²) < 4.78 is 25.0. The summed E-state index contributed by atoms with van der Waals surface area (Å²) in [6.07, 6.45) is 1.79. The van der Waals surface area contributed by atoms with Gasteiger partial charge >= 0.3 is 0 Å². The van der Waals surface area contributed by atoms with Crippen molar-refractivity contribution in [2.75, 3.05) is 23.9 Å². The molecule has 0 N–H and O–H groups in total. The van der Waals surface area contributed by atoms with Gasteiger partial charge in [0, 0.05) is 18.2 Å². The topological polar surface area (TPSA) is 80.5 Å². The van der Waals surface area contributed by atoms with Crippen molar-refractivity contribution in [3.05, 3.63) is 21.3 Å². The van der Waals surface area contributed by atoms with Gasteiger partial charge in [0.2, 0.25) is 10.0 Å². The van der Waals surface area contributed by atoms with E-state index in [0.29, 0.717) is 25.1 Å². The first-order valence-electron chi connectivity index (χ1n) is 5.02. The van der Waals surface area contributed by atoms with Crippen LogP contribution in [0.5, 0.6) is 0 Å². The summed E-state index contributed by atoms with van der Waals surface area (Å²) in [5, 5.41) is 10.6. The molecule has 98 valence electrons. The minimum atomic E-state index is -3.48. The third-order valence-electron chi connectivity index (χ3n) is 2.09. The van der Waals surface area contributed by atoms with Gasteiger partial charge in [0.15, 0.2) is 5.03 Å². The summed E-state index contributed by atoms with van der Waals surface area (Å²) >= 11 is 6.65. The molecule has 1 aliphatic heterocycles. The lowest BCUT2D eigenvalue weighted by atomic mass is 10.5. The monoisotopic (exact) mass is 300 g/mol. The summed E-state index contributed by atoms with van der Waals surface area (Å²) in [6, 6.07) is 0. The highest BCUT2D eigenvalue weighted by Crippen LogP contribution is 2.29. The summed E-state index contributed by atoms with van der Waals surface area (Å²) in [6.45, 7) is 0.303. The van der Waals surface area contributed by atoms with Crippen molar-refractivity contribution in [1.29, 1.82) is 0 Å². The van der Waals surface area contributed by atoms with Crippen molar-refractivity contribution in [3.8, 4) is 0 Å². The number of halogens is 1. The van der Waals surface area contributed by atoms with Crippen molar-refractivity contribution in [3.63, 3.8) is 0 Å². The van der Waals surface area contributed by atoms with Crippen LogP contribution in [0.25, 0.3) is 0 Å². The normalized spacial score (nSPS) is 19.6. The van der Waals surface area contributed by atoms with Gasteiger partial charge in [-0.25, -0.2) is 8.42 Å². The highest BCUT2D eigenvalue weighted by atomic mass is 35.5. The minimum absolute atomic E-state index is 0.0773. The first-order valence-corrected chi connectivity index (χ1v) is 8.15. The molecule has 1 saturated heterocycles. The van der Waals surface area contributed by atoms with Gasteiger partial charge < -0.3 is 0 Å². The van der Waals surface area contributed by atoms with Gasteiger partial charge in [-0.2, -0.15) is 0 Å². The molecule has 0 spiro atoms. The third kappa shape index (κ3) is 4.36. The largest absolute Gasteiger partial charge is 0.265 e. The van der Waals surface area contributed by atoms with Crippen LogP contribution in [0.1, 0.15) is 12.8 Å². The second-order valence-corrected chi connectivity index (χ2v) is 6.89. The Morgan fingerprint density at radius 2 is 2.29 bits per heavy atom. The van der Waals surface area contributed by atoms with E-state index in [-0.39, 0.29) is 16.7 Å². The van der Waals surface area contributed by atoms with Crippen LogP contribution < -0.4 is 0 Å². The van der Waals surface area contributed by atoms with Gasteiger partial charge in [0.05, 0.1) is 10.7 Å². The summed E-state index contributed by atoms with van der Waals surface area (Å²) in [5.74, 6) is 0.877. The molecule has 1 heterocycles. The van der Waals surface area contributed by atoms with E-state index in [0.717, 1.165) is 10.5 Å². The molecule has 1 rings (SSSR count). The number of rotatable bonds is 5. The highest BCUT2D eigenvalue weighted by molar-refractivity contribution is 8.04. The fraction of sp³-hybridized carbons (Fsp3) is 0.750. The first-order chi connectivity index (χ1) is 7.97. The average molecular weight is 301 g/mol. The fourth-order valence-electron chi connectivity index (χ4n) is 1.38. The maximum absolute atomic E-state index is 11.9. The average Bonchev–Trinajstić information content (AvgIpc) is 2.26. The molecule has 17 heavy (non-hydrogen) atoms. The van der Waals surface area contributed by atoms with Crippen LogP contribution in [0, 0.1) is 10.1 Å². The molecule has 0 saturated carbocycles. The van der Waals surface area contributed by atoms with Crippen LogP contribution in [0.15, 0.2) is 11.2 Å². The predicted octanol–water partition coefficient (Wildman–Crippen LogP) is 1.46. The van der Waals surface area contributed by atoms with Crippen LogP contribution in [-0.2, 0) is 10.0 Å². The van der Waals surface area contributed by atoms with Gasteiger partial charge in [-0.1, -0.05) is 0 Å². The van der Waals surface area contributed by atoms with E-state index in [1.807, 2.05) is 0 Å². The van der Waals surface area contributed by atoms with E-state index in [4.69, 9.17) is 11.6 Å². The minimum Gasteiger partial charge on any atom is -0.259 e. The van der Waals surface area contributed by atoms with E-state index >= 15 is 0 Å². The number of sulfonamides is 1. The lowest BCUT2D eigenvalue weighted by Gasteiger charge is -2.28. The third-order valence-corrected chi connectivity index (χ3v) is 5.44. The van der Waals surface area contributed by atoms with E-state index in [1.54, 1.807) is 0 Å². The number of hydrogen-bond acceptors (Lipinski definition) is 5. The molecule has 0 radical (unpaired) electrons. The molecular formula is C8H13ClN2O4S2. The fourth-order valence-corrected chi connectivity index (χ4v) is 4.51. The molecule has 0 aromatic rings. The molecule has 1 aliphatic rings.